The molecule has 0 bridgehead atoms. The fourth-order valence-electron chi connectivity index (χ4n) is 12.2. The number of ether oxygens (including phenoxy) is 3. The second kappa shape index (κ2) is 39.9. The Morgan fingerprint density at radius 1 is 0.371 bits per heavy atom. The van der Waals surface area contributed by atoms with E-state index in [2.05, 4.69) is 62.5 Å². The van der Waals surface area contributed by atoms with Crippen molar-refractivity contribution in [3.63, 3.8) is 0 Å². The predicted octanol–water partition coefficient (Wildman–Crippen LogP) is 13.7. The highest BCUT2D eigenvalue weighted by Crippen LogP contribution is 2.33. The van der Waals surface area contributed by atoms with Crippen LogP contribution in [0.2, 0.25) is 0 Å². The van der Waals surface area contributed by atoms with E-state index in [1.807, 2.05) is 34.6 Å². The summed E-state index contributed by atoms with van der Waals surface area (Å²) < 4.78 is 73.4. The molecule has 0 aliphatic heterocycles. The molecule has 116 heavy (non-hydrogen) atoms. The first-order valence-electron chi connectivity index (χ1n) is 39.4. The average Bonchev–Trinajstić information content (AvgIpc) is 1.03. The summed E-state index contributed by atoms with van der Waals surface area (Å²) in [4.78, 5) is 116. The molecular formula is C89H104F4N12O11. The monoisotopic (exact) mass is 1590 g/mol. The molecular weight excluding hydrogens is 1490 g/mol. The van der Waals surface area contributed by atoms with Gasteiger partial charge in [0.25, 0.3) is 47.3 Å². The minimum absolute atomic E-state index is 0.139. The number of nitrogens with zero attached hydrogens (tertiary/aromatic N) is 4. The van der Waals surface area contributed by atoms with Crippen LogP contribution < -0.4 is 42.5 Å². The summed E-state index contributed by atoms with van der Waals surface area (Å²) in [5, 5.41) is 22.8. The van der Waals surface area contributed by atoms with Gasteiger partial charge in [-0.3, -0.25) is 58.3 Å². The molecule has 27 heteroatoms. The van der Waals surface area contributed by atoms with Crippen molar-refractivity contribution in [2.45, 2.75) is 181 Å². The van der Waals surface area contributed by atoms with Crippen molar-refractivity contribution in [3.8, 4) is 45.0 Å². The van der Waals surface area contributed by atoms with E-state index in [1.165, 1.54) is 81.2 Å². The minimum Gasteiger partial charge on any atom is -0.383 e. The Morgan fingerprint density at radius 2 is 0.664 bits per heavy atom. The minimum atomic E-state index is -0.473. The number of hydrogen-bond donors (Lipinski definition) is 8. The zero-order valence-electron chi connectivity index (χ0n) is 67.7. The average molecular weight is 1590 g/mol. The third-order valence-corrected chi connectivity index (χ3v) is 20.3. The largest absolute Gasteiger partial charge is 0.383 e. The summed E-state index contributed by atoms with van der Waals surface area (Å²) in [5.74, 6) is -3.32. The first kappa shape index (κ1) is 87.2. The van der Waals surface area contributed by atoms with E-state index in [0.29, 0.717) is 135 Å². The van der Waals surface area contributed by atoms with Gasteiger partial charge in [-0.1, -0.05) is 19.3 Å². The molecule has 8 amide bonds. The van der Waals surface area contributed by atoms with Gasteiger partial charge in [0.05, 0.1) is 69.4 Å². The van der Waals surface area contributed by atoms with Gasteiger partial charge in [-0.2, -0.15) is 0 Å². The highest BCUT2D eigenvalue weighted by molar-refractivity contribution is 6.00. The zero-order valence-corrected chi connectivity index (χ0v) is 67.7. The van der Waals surface area contributed by atoms with Gasteiger partial charge in [-0.15, -0.1) is 0 Å². The summed E-state index contributed by atoms with van der Waals surface area (Å²) in [5.41, 5.74) is 7.85. The molecule has 5 fully saturated rings. The van der Waals surface area contributed by atoms with Gasteiger partial charge in [0.2, 0.25) is 0 Å². The zero-order chi connectivity index (χ0) is 83.5. The maximum absolute atomic E-state index is 14.5. The Kier molecular flexibility index (Phi) is 30.0. The van der Waals surface area contributed by atoms with Crippen LogP contribution in [0.3, 0.4) is 0 Å². The quantitative estimate of drug-likeness (QED) is 0.0175. The normalized spacial score (nSPS) is 14.5. The van der Waals surface area contributed by atoms with Crippen LogP contribution in [0.5, 0.6) is 0 Å². The fourth-order valence-corrected chi connectivity index (χ4v) is 12.2. The number of pyridine rings is 4. The van der Waals surface area contributed by atoms with Gasteiger partial charge in [0, 0.05) is 134 Å². The summed E-state index contributed by atoms with van der Waals surface area (Å²) in [6.45, 7) is 18.9. The highest BCUT2D eigenvalue weighted by atomic mass is 19.1. The lowest BCUT2D eigenvalue weighted by molar-refractivity contribution is -0.000672. The summed E-state index contributed by atoms with van der Waals surface area (Å²) in [6.07, 6.45) is 19.7. The molecule has 5 aliphatic carbocycles. The molecule has 8 aromatic rings. The molecule has 4 aromatic carbocycles. The van der Waals surface area contributed by atoms with Crippen LogP contribution in [0.25, 0.3) is 45.0 Å². The summed E-state index contributed by atoms with van der Waals surface area (Å²) in [6, 6.07) is 25.6. The van der Waals surface area contributed by atoms with Crippen LogP contribution in [-0.4, -0.2) is 156 Å². The van der Waals surface area contributed by atoms with Crippen molar-refractivity contribution in [3.05, 3.63) is 212 Å². The molecule has 0 saturated heterocycles. The van der Waals surface area contributed by atoms with Crippen LogP contribution in [0, 0.1) is 56.9 Å². The molecule has 5 aliphatic rings. The summed E-state index contributed by atoms with van der Waals surface area (Å²) >= 11 is 0. The molecule has 4 aromatic heterocycles. The van der Waals surface area contributed by atoms with Crippen molar-refractivity contribution in [1.82, 2.24) is 62.5 Å². The number of amides is 8. The summed E-state index contributed by atoms with van der Waals surface area (Å²) in [7, 11) is 3.14. The maximum atomic E-state index is 14.5. The van der Waals surface area contributed by atoms with E-state index in [1.54, 1.807) is 115 Å². The Morgan fingerprint density at radius 3 is 0.931 bits per heavy atom. The Balaban J connectivity index is 0.000000163. The number of aromatic nitrogens is 4. The van der Waals surface area contributed by atoms with E-state index in [0.717, 1.165) is 51.4 Å². The predicted molar refractivity (Wildman–Crippen MR) is 434 cm³/mol. The van der Waals surface area contributed by atoms with E-state index in [-0.39, 0.29) is 99.3 Å². The lowest BCUT2D eigenvalue weighted by atomic mass is 9.89. The molecule has 0 spiro atoms. The number of benzene rings is 4. The van der Waals surface area contributed by atoms with E-state index in [9.17, 15) is 55.9 Å². The number of carbonyl (C=O) groups excluding carboxylic acids is 8. The molecule has 0 radical (unpaired) electrons. The number of carbonyl (C=O) groups is 8. The third kappa shape index (κ3) is 25.7. The topological polar surface area (TPSA) is 312 Å². The molecule has 8 N–H and O–H groups in total. The van der Waals surface area contributed by atoms with Gasteiger partial charge < -0.3 is 56.7 Å². The fraction of sp³-hybridized carbons (Fsp3) is 0.416. The van der Waals surface area contributed by atoms with Crippen molar-refractivity contribution >= 4 is 47.3 Å². The molecule has 614 valence electrons. The van der Waals surface area contributed by atoms with E-state index >= 15 is 0 Å². The Hall–Kier alpha value is -11.2. The second-order valence-electron chi connectivity index (χ2n) is 31.6. The molecule has 5 saturated carbocycles. The Labute approximate surface area is 674 Å². The number of halogens is 4. The molecule has 23 nitrogen and oxygen atoms in total. The highest BCUT2D eigenvalue weighted by Gasteiger charge is 2.30. The lowest BCUT2D eigenvalue weighted by Gasteiger charge is -2.23. The SMILES string of the molecule is COC(C)(C)CNC(=O)c1ccc(-c2cc(C(=O)NC3CC3)cc(F)c2C)nc1.COCCNC(=O)c1ccc(-c2cc(C(=O)NC3CC3)cc(F)c2C)nc1.Cc1c(F)cc(C(=O)NC2CC2)cc1-c1ccc(C(=O)NCC2CCCCC2)cn1.Cc1c(F)cc(C(=O)NC2CC2)cc1-c1ccc(C(=O)NCCOC(C)(C)C)cn1. The van der Waals surface area contributed by atoms with Crippen LogP contribution >= 0.6 is 0 Å². The van der Waals surface area contributed by atoms with Crippen LogP contribution in [0.4, 0.5) is 17.6 Å². The standard InChI is InChI=1S/C24H28FN3O2.C23H28FN3O3.C22H26FN3O3.C20H22FN3O3/c1-15-20(11-18(12-21(15)25)24(30)28-19-8-9-19)22-10-7-17(14-26-22)23(29)27-13-16-5-3-2-4-6-16;1-14-18(11-16(12-19(14)24)22(29)27-17-6-7-17)20-8-5-15(13-26-20)21(28)25-9-10-30-23(2,3)4;1-13-17(9-15(10-18(13)23)21(28)26-16-6-7-16)19-8-5-14(11-24-19)20(27)25-12-22(2,3)29-4;1-12-16(9-14(10-17(12)21)20(26)24-15-4-5-15)18-6-3-13(11-23-18)19(25)22-7-8-27-2/h7,10-12,14,16,19H,2-6,8-9,13H2,1H3,(H,27,29)(H,28,30);5,8,11-13,17H,6-7,9-10H2,1-4H3,(H,25,28)(H,27,29);5,8-11,16H,6-7,12H2,1-4H3,(H,25,27)(H,26,28);3,6,9-11,15H,4-5,7-8H2,1-2H3,(H,22,25)(H,24,26). The second-order valence-corrected chi connectivity index (χ2v) is 31.6. The van der Waals surface area contributed by atoms with Gasteiger partial charge in [-0.25, -0.2) is 17.6 Å². The van der Waals surface area contributed by atoms with Crippen molar-refractivity contribution in [2.24, 2.45) is 5.92 Å². The number of nitrogens with one attached hydrogen (secondary N) is 8. The van der Waals surface area contributed by atoms with Crippen LogP contribution in [0.15, 0.2) is 122 Å². The Bertz CT molecular complexity index is 4850. The van der Waals surface area contributed by atoms with Crippen LogP contribution in [0.1, 0.15) is 223 Å². The third-order valence-electron chi connectivity index (χ3n) is 20.3. The van der Waals surface area contributed by atoms with Gasteiger partial charge in [0.15, 0.2) is 0 Å². The van der Waals surface area contributed by atoms with Crippen molar-refractivity contribution in [1.29, 1.82) is 0 Å². The lowest BCUT2D eigenvalue weighted by Crippen LogP contribution is -2.39. The first-order valence-corrected chi connectivity index (χ1v) is 39.4. The number of rotatable bonds is 27. The van der Waals surface area contributed by atoms with Gasteiger partial charge in [-0.05, 0) is 252 Å². The number of methoxy groups -OCH3 is 2. The maximum Gasteiger partial charge on any atom is 0.252 e. The van der Waals surface area contributed by atoms with Gasteiger partial charge in [0.1, 0.15) is 23.3 Å². The smallest absolute Gasteiger partial charge is 0.252 e. The molecule has 4 heterocycles. The van der Waals surface area contributed by atoms with Crippen molar-refractivity contribution in [2.75, 3.05) is 53.6 Å². The number of hydrogen-bond acceptors (Lipinski definition) is 15. The van der Waals surface area contributed by atoms with Crippen molar-refractivity contribution < 1.29 is 70.1 Å². The van der Waals surface area contributed by atoms with Crippen LogP contribution in [-0.2, 0) is 14.2 Å². The van der Waals surface area contributed by atoms with E-state index in [4.69, 9.17) is 14.2 Å². The molecule has 13 rings (SSSR count). The molecule has 0 atom stereocenters. The first-order chi connectivity index (χ1) is 55.3. The molecule has 0 unspecified atom stereocenters. The van der Waals surface area contributed by atoms with Gasteiger partial charge >= 0.3 is 0 Å². The van der Waals surface area contributed by atoms with E-state index < -0.39 is 28.9 Å².